The average molecular weight is 251 g/mol. The maximum atomic E-state index is 12.3. The summed E-state index contributed by atoms with van der Waals surface area (Å²) < 4.78 is 0. The second kappa shape index (κ2) is 4.45. The predicted octanol–water partition coefficient (Wildman–Crippen LogP) is 3.63. The molecule has 3 heteroatoms. The second-order valence-corrected chi connectivity index (χ2v) is 7.05. The standard InChI is InChI=1S/C14H21NOS/c1-10-11-6-8-17-12(11)5-7-15(10)13(16)9-14(2,3)4/h6,8,10H,5,7,9H2,1-4H3. The van der Waals surface area contributed by atoms with E-state index in [9.17, 15) is 4.79 Å². The summed E-state index contributed by atoms with van der Waals surface area (Å²) in [6, 6.07) is 2.42. The van der Waals surface area contributed by atoms with E-state index in [1.54, 1.807) is 0 Å². The fraction of sp³-hybridized carbons (Fsp3) is 0.643. The summed E-state index contributed by atoms with van der Waals surface area (Å²) in [6.45, 7) is 9.38. The molecule has 0 radical (unpaired) electrons. The molecule has 0 saturated heterocycles. The zero-order chi connectivity index (χ0) is 12.6. The molecule has 2 nitrogen and oxygen atoms in total. The fourth-order valence-corrected chi connectivity index (χ4v) is 3.37. The third kappa shape index (κ3) is 2.71. The molecule has 1 aromatic heterocycles. The number of rotatable bonds is 1. The summed E-state index contributed by atoms with van der Waals surface area (Å²) in [5.41, 5.74) is 1.43. The molecule has 0 aliphatic carbocycles. The third-order valence-corrected chi connectivity index (χ3v) is 4.28. The number of amides is 1. The molecule has 0 aromatic carbocycles. The Morgan fingerprint density at radius 2 is 2.24 bits per heavy atom. The molecule has 17 heavy (non-hydrogen) atoms. The Bertz CT molecular complexity index is 416. The van der Waals surface area contributed by atoms with Crippen LogP contribution in [0.2, 0.25) is 0 Å². The molecule has 0 bridgehead atoms. The monoisotopic (exact) mass is 251 g/mol. The first kappa shape index (κ1) is 12.6. The van der Waals surface area contributed by atoms with E-state index in [2.05, 4.69) is 39.1 Å². The predicted molar refractivity (Wildman–Crippen MR) is 72.2 cm³/mol. The first-order valence-electron chi connectivity index (χ1n) is 6.24. The third-order valence-electron chi connectivity index (χ3n) is 3.28. The Morgan fingerprint density at radius 1 is 1.53 bits per heavy atom. The van der Waals surface area contributed by atoms with E-state index in [4.69, 9.17) is 0 Å². The van der Waals surface area contributed by atoms with Gasteiger partial charge in [0.25, 0.3) is 0 Å². The quantitative estimate of drug-likeness (QED) is 0.746. The van der Waals surface area contributed by atoms with Crippen molar-refractivity contribution in [2.75, 3.05) is 6.54 Å². The van der Waals surface area contributed by atoms with E-state index in [0.717, 1.165) is 13.0 Å². The molecule has 0 fully saturated rings. The molecule has 0 N–H and O–H groups in total. The molecule has 0 spiro atoms. The van der Waals surface area contributed by atoms with Gasteiger partial charge in [0.05, 0.1) is 6.04 Å². The van der Waals surface area contributed by atoms with Crippen LogP contribution in [0.3, 0.4) is 0 Å². The minimum absolute atomic E-state index is 0.0751. The van der Waals surface area contributed by atoms with Gasteiger partial charge in [-0.1, -0.05) is 20.8 Å². The normalized spacial score (nSPS) is 20.2. The number of nitrogens with zero attached hydrogens (tertiary/aromatic N) is 1. The highest BCUT2D eigenvalue weighted by molar-refractivity contribution is 7.10. The van der Waals surface area contributed by atoms with Crippen molar-refractivity contribution in [1.82, 2.24) is 4.90 Å². The van der Waals surface area contributed by atoms with Gasteiger partial charge in [-0.05, 0) is 35.8 Å². The van der Waals surface area contributed by atoms with E-state index < -0.39 is 0 Å². The van der Waals surface area contributed by atoms with Crippen LogP contribution in [0.4, 0.5) is 0 Å². The minimum atomic E-state index is 0.0751. The van der Waals surface area contributed by atoms with Crippen molar-refractivity contribution in [3.05, 3.63) is 21.9 Å². The Labute approximate surface area is 108 Å². The number of hydrogen-bond acceptors (Lipinski definition) is 2. The van der Waals surface area contributed by atoms with E-state index in [-0.39, 0.29) is 11.5 Å². The van der Waals surface area contributed by atoms with Gasteiger partial charge in [0, 0.05) is 17.8 Å². The van der Waals surface area contributed by atoms with Gasteiger partial charge in [0.2, 0.25) is 5.91 Å². The number of carbonyl (C=O) groups excluding carboxylic acids is 1. The lowest BCUT2D eigenvalue weighted by atomic mass is 9.90. The van der Waals surface area contributed by atoms with Gasteiger partial charge in [-0.2, -0.15) is 0 Å². The molecule has 2 rings (SSSR count). The van der Waals surface area contributed by atoms with Crippen LogP contribution < -0.4 is 0 Å². The minimum Gasteiger partial charge on any atom is -0.336 e. The van der Waals surface area contributed by atoms with Crippen molar-refractivity contribution >= 4 is 17.2 Å². The van der Waals surface area contributed by atoms with Gasteiger partial charge < -0.3 is 4.90 Å². The molecular formula is C14H21NOS. The van der Waals surface area contributed by atoms with E-state index in [1.165, 1.54) is 10.4 Å². The topological polar surface area (TPSA) is 20.3 Å². The SMILES string of the molecule is CC1c2ccsc2CCN1C(=O)CC(C)(C)C. The van der Waals surface area contributed by atoms with Crippen LogP contribution in [0.15, 0.2) is 11.4 Å². The molecule has 1 unspecified atom stereocenters. The summed E-state index contributed by atoms with van der Waals surface area (Å²) >= 11 is 1.82. The lowest BCUT2D eigenvalue weighted by molar-refractivity contribution is -0.135. The molecule has 1 aliphatic rings. The number of fused-ring (bicyclic) bond motifs is 1. The first-order chi connectivity index (χ1) is 7.88. The number of hydrogen-bond donors (Lipinski definition) is 0. The molecule has 1 aromatic rings. The van der Waals surface area contributed by atoms with Gasteiger partial charge in [0.15, 0.2) is 0 Å². The van der Waals surface area contributed by atoms with Crippen LogP contribution in [0.5, 0.6) is 0 Å². The van der Waals surface area contributed by atoms with Crippen molar-refractivity contribution in [3.8, 4) is 0 Å². The molecule has 1 aliphatic heterocycles. The van der Waals surface area contributed by atoms with Gasteiger partial charge >= 0.3 is 0 Å². The van der Waals surface area contributed by atoms with Crippen LogP contribution in [-0.2, 0) is 11.2 Å². The Kier molecular flexibility index (Phi) is 3.30. The van der Waals surface area contributed by atoms with Crippen molar-refractivity contribution in [3.63, 3.8) is 0 Å². The average Bonchev–Trinajstić information content (AvgIpc) is 2.63. The van der Waals surface area contributed by atoms with Crippen LogP contribution in [0.25, 0.3) is 0 Å². The summed E-state index contributed by atoms with van der Waals surface area (Å²) in [5, 5.41) is 2.14. The molecule has 0 saturated carbocycles. The van der Waals surface area contributed by atoms with E-state index >= 15 is 0 Å². The van der Waals surface area contributed by atoms with Crippen LogP contribution in [0, 0.1) is 5.41 Å². The van der Waals surface area contributed by atoms with Gasteiger partial charge in [-0.3, -0.25) is 4.79 Å². The van der Waals surface area contributed by atoms with Crippen LogP contribution >= 0.6 is 11.3 Å². The van der Waals surface area contributed by atoms with Crippen LogP contribution in [-0.4, -0.2) is 17.4 Å². The maximum Gasteiger partial charge on any atom is 0.223 e. The van der Waals surface area contributed by atoms with Crippen molar-refractivity contribution in [2.24, 2.45) is 5.41 Å². The van der Waals surface area contributed by atoms with Gasteiger partial charge in [-0.15, -0.1) is 11.3 Å². The summed E-state index contributed by atoms with van der Waals surface area (Å²) in [5.74, 6) is 0.293. The van der Waals surface area contributed by atoms with E-state index in [1.807, 2.05) is 16.2 Å². The Hall–Kier alpha value is -0.830. The fourth-order valence-electron chi connectivity index (χ4n) is 2.41. The summed E-state index contributed by atoms with van der Waals surface area (Å²) in [7, 11) is 0. The summed E-state index contributed by atoms with van der Waals surface area (Å²) in [6.07, 6.45) is 1.66. The van der Waals surface area contributed by atoms with Crippen molar-refractivity contribution in [1.29, 1.82) is 0 Å². The smallest absolute Gasteiger partial charge is 0.223 e. The second-order valence-electron chi connectivity index (χ2n) is 6.05. The molecule has 1 amide bonds. The molecule has 2 heterocycles. The lowest BCUT2D eigenvalue weighted by Crippen LogP contribution is -2.39. The molecular weight excluding hydrogens is 230 g/mol. The zero-order valence-corrected chi connectivity index (χ0v) is 11.9. The Morgan fingerprint density at radius 3 is 2.88 bits per heavy atom. The van der Waals surface area contributed by atoms with Gasteiger partial charge in [0.1, 0.15) is 0 Å². The van der Waals surface area contributed by atoms with E-state index in [0.29, 0.717) is 12.3 Å². The number of carbonyl (C=O) groups is 1. The highest BCUT2D eigenvalue weighted by Crippen LogP contribution is 2.34. The maximum absolute atomic E-state index is 12.3. The highest BCUT2D eigenvalue weighted by Gasteiger charge is 2.30. The van der Waals surface area contributed by atoms with Crippen LogP contribution in [0.1, 0.15) is 50.6 Å². The van der Waals surface area contributed by atoms with Gasteiger partial charge in [-0.25, -0.2) is 0 Å². The van der Waals surface area contributed by atoms with Crippen molar-refractivity contribution in [2.45, 2.75) is 46.6 Å². The first-order valence-corrected chi connectivity index (χ1v) is 7.12. The molecule has 1 atom stereocenters. The lowest BCUT2D eigenvalue weighted by Gasteiger charge is -2.35. The Balaban J connectivity index is 2.12. The highest BCUT2D eigenvalue weighted by atomic mass is 32.1. The zero-order valence-electron chi connectivity index (χ0n) is 11.1. The number of thiophene rings is 1. The summed E-state index contributed by atoms with van der Waals surface area (Å²) in [4.78, 5) is 15.8. The largest absolute Gasteiger partial charge is 0.336 e. The molecule has 94 valence electrons. The van der Waals surface area contributed by atoms with Crippen molar-refractivity contribution < 1.29 is 4.79 Å².